The summed E-state index contributed by atoms with van der Waals surface area (Å²) in [5.41, 5.74) is 0.491. The number of halogens is 1. The van der Waals surface area contributed by atoms with Crippen molar-refractivity contribution in [2.45, 2.75) is 26.2 Å². The van der Waals surface area contributed by atoms with Crippen molar-refractivity contribution >= 4 is 17.5 Å². The Morgan fingerprint density at radius 2 is 1.95 bits per heavy atom. The number of anilines is 1. The molecule has 0 heterocycles. The van der Waals surface area contributed by atoms with Crippen LogP contribution in [-0.4, -0.2) is 29.8 Å². The summed E-state index contributed by atoms with van der Waals surface area (Å²) < 4.78 is 12.8. The number of hydrogen-bond acceptors (Lipinski definition) is 2. The summed E-state index contributed by atoms with van der Waals surface area (Å²) in [5, 5.41) is 2.58. The number of hydrogen-bond donors (Lipinski definition) is 1. The van der Waals surface area contributed by atoms with Crippen molar-refractivity contribution in [3.63, 3.8) is 0 Å². The third-order valence-corrected chi connectivity index (χ3v) is 3.89. The molecule has 0 aromatic heterocycles. The Balaban J connectivity index is 1.84. The van der Waals surface area contributed by atoms with Crippen LogP contribution in [0.5, 0.6) is 0 Å². The van der Waals surface area contributed by atoms with Gasteiger partial charge in [0.2, 0.25) is 11.8 Å². The van der Waals surface area contributed by atoms with Gasteiger partial charge in [0, 0.05) is 30.9 Å². The van der Waals surface area contributed by atoms with Crippen LogP contribution in [0, 0.1) is 11.7 Å². The minimum atomic E-state index is -0.403. The number of nitrogens with zero attached hydrogens (tertiary/aromatic N) is 1. The topological polar surface area (TPSA) is 49.4 Å². The minimum absolute atomic E-state index is 0.149. The van der Waals surface area contributed by atoms with Crippen molar-refractivity contribution in [1.29, 1.82) is 0 Å². The van der Waals surface area contributed by atoms with Gasteiger partial charge in [0.25, 0.3) is 0 Å². The maximum absolute atomic E-state index is 12.8. The zero-order valence-electron chi connectivity index (χ0n) is 12.7. The van der Waals surface area contributed by atoms with Crippen LogP contribution in [0.4, 0.5) is 10.1 Å². The fraction of sp³-hybridized carbons (Fsp3) is 0.412. The van der Waals surface area contributed by atoms with Crippen LogP contribution in [0.1, 0.15) is 26.2 Å². The maximum Gasteiger partial charge on any atom is 0.248 e. The smallest absolute Gasteiger partial charge is 0.248 e. The maximum atomic E-state index is 12.8. The van der Waals surface area contributed by atoms with Gasteiger partial charge in [-0.2, -0.15) is 0 Å². The second-order valence-electron chi connectivity index (χ2n) is 5.50. The molecule has 1 aliphatic rings. The van der Waals surface area contributed by atoms with Gasteiger partial charge in [0.15, 0.2) is 0 Å². The first-order chi connectivity index (χ1) is 10.6. The highest BCUT2D eigenvalue weighted by Gasteiger charge is 2.21. The van der Waals surface area contributed by atoms with Crippen LogP contribution in [0.15, 0.2) is 36.4 Å². The molecule has 0 saturated heterocycles. The molecule has 4 nitrogen and oxygen atoms in total. The summed E-state index contributed by atoms with van der Waals surface area (Å²) in [4.78, 5) is 25.6. The van der Waals surface area contributed by atoms with E-state index in [0.29, 0.717) is 18.2 Å². The predicted octanol–water partition coefficient (Wildman–Crippen LogP) is 2.97. The van der Waals surface area contributed by atoms with Crippen molar-refractivity contribution in [3.05, 3.63) is 42.2 Å². The molecular weight excluding hydrogens is 283 g/mol. The normalized spacial score (nSPS) is 14.6. The molecule has 1 saturated carbocycles. The summed E-state index contributed by atoms with van der Waals surface area (Å²) in [6.45, 7) is 3.33. The van der Waals surface area contributed by atoms with E-state index in [4.69, 9.17) is 0 Å². The van der Waals surface area contributed by atoms with Crippen LogP contribution >= 0.6 is 0 Å². The molecule has 5 heteroatoms. The second kappa shape index (κ2) is 7.73. The first kappa shape index (κ1) is 16.2. The van der Waals surface area contributed by atoms with Crippen molar-refractivity contribution in [2.75, 3.05) is 18.4 Å². The Hall–Kier alpha value is -2.17. The predicted molar refractivity (Wildman–Crippen MR) is 83.8 cm³/mol. The summed E-state index contributed by atoms with van der Waals surface area (Å²) in [6.07, 6.45) is 6.11. The molecule has 1 fully saturated rings. The molecule has 1 aliphatic carbocycles. The van der Waals surface area contributed by atoms with E-state index in [1.54, 1.807) is 4.90 Å². The van der Waals surface area contributed by atoms with Crippen LogP contribution in [-0.2, 0) is 9.59 Å². The monoisotopic (exact) mass is 304 g/mol. The van der Waals surface area contributed by atoms with Crippen LogP contribution in [0.25, 0.3) is 0 Å². The largest absolute Gasteiger partial charge is 0.339 e. The summed E-state index contributed by atoms with van der Waals surface area (Å²) in [7, 11) is 0. The molecule has 0 radical (unpaired) electrons. The average molecular weight is 304 g/mol. The van der Waals surface area contributed by atoms with Gasteiger partial charge in [0.05, 0.1) is 0 Å². The van der Waals surface area contributed by atoms with E-state index in [9.17, 15) is 14.0 Å². The van der Waals surface area contributed by atoms with E-state index >= 15 is 0 Å². The number of likely N-dealkylation sites (N-methyl/N-ethyl adjacent to an activating group) is 1. The molecule has 0 atom stereocenters. The van der Waals surface area contributed by atoms with E-state index in [-0.39, 0.29) is 11.7 Å². The van der Waals surface area contributed by atoms with Crippen molar-refractivity contribution < 1.29 is 14.0 Å². The van der Waals surface area contributed by atoms with Gasteiger partial charge in [-0.25, -0.2) is 4.39 Å². The number of rotatable bonds is 6. The third kappa shape index (κ3) is 4.69. The second-order valence-corrected chi connectivity index (χ2v) is 5.50. The van der Waals surface area contributed by atoms with Gasteiger partial charge in [-0.3, -0.25) is 9.59 Å². The number of carbonyl (C=O) groups is 2. The van der Waals surface area contributed by atoms with Crippen molar-refractivity contribution in [3.8, 4) is 0 Å². The van der Waals surface area contributed by atoms with Crippen molar-refractivity contribution in [2.24, 2.45) is 5.92 Å². The van der Waals surface area contributed by atoms with Gasteiger partial charge in [0.1, 0.15) is 5.82 Å². The highest BCUT2D eigenvalue weighted by Crippen LogP contribution is 2.27. The average Bonchev–Trinajstić information content (AvgIpc) is 2.46. The fourth-order valence-corrected chi connectivity index (χ4v) is 2.33. The number of nitrogens with one attached hydrogen (secondary N) is 1. The summed E-state index contributed by atoms with van der Waals surface area (Å²) in [6, 6.07) is 5.47. The first-order valence-electron chi connectivity index (χ1n) is 7.62. The Labute approximate surface area is 130 Å². The SMILES string of the molecule is CCN(CC1CCC1)C(=O)/C=C/C(=O)Nc1ccc(F)cc1. The number of carbonyl (C=O) groups excluding carboxylic acids is 2. The Bertz CT molecular complexity index is 550. The van der Waals surface area contributed by atoms with E-state index in [2.05, 4.69) is 5.32 Å². The third-order valence-electron chi connectivity index (χ3n) is 3.89. The molecule has 1 aromatic rings. The van der Waals surface area contributed by atoms with Gasteiger partial charge < -0.3 is 10.2 Å². The van der Waals surface area contributed by atoms with Crippen LogP contribution < -0.4 is 5.32 Å². The molecule has 0 spiro atoms. The standard InChI is InChI=1S/C17H21FN2O2/c1-2-20(12-13-4-3-5-13)17(22)11-10-16(21)19-15-8-6-14(18)7-9-15/h6-11,13H,2-5,12H2,1H3,(H,19,21)/b11-10+. The Morgan fingerprint density at radius 1 is 1.27 bits per heavy atom. The van der Waals surface area contributed by atoms with E-state index in [1.165, 1.54) is 55.7 Å². The molecule has 0 bridgehead atoms. The highest BCUT2D eigenvalue weighted by atomic mass is 19.1. The molecule has 0 aliphatic heterocycles. The van der Waals surface area contributed by atoms with E-state index in [1.807, 2.05) is 6.92 Å². The molecular formula is C17H21FN2O2. The molecule has 118 valence electrons. The fourth-order valence-electron chi connectivity index (χ4n) is 2.33. The zero-order valence-corrected chi connectivity index (χ0v) is 12.7. The first-order valence-corrected chi connectivity index (χ1v) is 7.62. The van der Waals surface area contributed by atoms with Gasteiger partial charge in [-0.1, -0.05) is 6.42 Å². The molecule has 22 heavy (non-hydrogen) atoms. The number of benzene rings is 1. The molecule has 1 N–H and O–H groups in total. The molecule has 2 amide bonds. The van der Waals surface area contributed by atoms with Gasteiger partial charge in [-0.15, -0.1) is 0 Å². The highest BCUT2D eigenvalue weighted by molar-refractivity contribution is 6.03. The summed E-state index contributed by atoms with van der Waals surface area (Å²) in [5.74, 6) is -0.313. The van der Waals surface area contributed by atoms with E-state index < -0.39 is 5.91 Å². The van der Waals surface area contributed by atoms with Crippen LogP contribution in [0.3, 0.4) is 0 Å². The molecule has 0 unspecified atom stereocenters. The summed E-state index contributed by atoms with van der Waals surface area (Å²) >= 11 is 0. The minimum Gasteiger partial charge on any atom is -0.339 e. The number of amides is 2. The quantitative estimate of drug-likeness (QED) is 0.821. The van der Waals surface area contributed by atoms with E-state index in [0.717, 1.165) is 6.54 Å². The molecule has 2 rings (SSSR count). The zero-order chi connectivity index (χ0) is 15.9. The van der Waals surface area contributed by atoms with Gasteiger partial charge >= 0.3 is 0 Å². The molecule has 1 aromatic carbocycles. The van der Waals surface area contributed by atoms with Crippen LogP contribution in [0.2, 0.25) is 0 Å². The lowest BCUT2D eigenvalue weighted by molar-refractivity contribution is -0.127. The lowest BCUT2D eigenvalue weighted by Gasteiger charge is -2.31. The lowest BCUT2D eigenvalue weighted by atomic mass is 9.85. The Kier molecular flexibility index (Phi) is 5.69. The lowest BCUT2D eigenvalue weighted by Crippen LogP contribution is -2.36. The van der Waals surface area contributed by atoms with Crippen molar-refractivity contribution in [1.82, 2.24) is 4.90 Å². The van der Waals surface area contributed by atoms with Gasteiger partial charge in [-0.05, 0) is 49.9 Å². The Morgan fingerprint density at radius 3 is 2.50 bits per heavy atom.